The largest absolute Gasteiger partial charge is 0.497 e. The smallest absolute Gasteiger partial charge is 0.319 e. The number of hydrogen-bond donors (Lipinski definition) is 2. The molecule has 0 radical (unpaired) electrons. The SMILES string of the molecule is COc1cccc(NC(=O)N[C@H]2C[C@@H]3CC[C@@H]2C3)c1. The number of benzene rings is 1. The quantitative estimate of drug-likeness (QED) is 0.877. The lowest BCUT2D eigenvalue weighted by atomic mass is 9.95. The van der Waals surface area contributed by atoms with E-state index < -0.39 is 0 Å². The summed E-state index contributed by atoms with van der Waals surface area (Å²) in [6.07, 6.45) is 5.06. The van der Waals surface area contributed by atoms with E-state index in [9.17, 15) is 4.79 Å². The Morgan fingerprint density at radius 2 is 2.21 bits per heavy atom. The van der Waals surface area contributed by atoms with Gasteiger partial charge in [-0.1, -0.05) is 12.5 Å². The number of hydrogen-bond acceptors (Lipinski definition) is 2. The summed E-state index contributed by atoms with van der Waals surface area (Å²) in [6, 6.07) is 7.67. The molecule has 0 spiro atoms. The molecule has 3 atom stereocenters. The Morgan fingerprint density at radius 1 is 1.32 bits per heavy atom. The Hall–Kier alpha value is -1.71. The highest BCUT2D eigenvalue weighted by molar-refractivity contribution is 5.89. The highest BCUT2D eigenvalue weighted by Crippen LogP contribution is 2.44. The second-order valence-electron chi connectivity index (χ2n) is 5.61. The summed E-state index contributed by atoms with van der Waals surface area (Å²) in [4.78, 5) is 12.0. The summed E-state index contributed by atoms with van der Waals surface area (Å²) in [6.45, 7) is 0. The molecule has 2 amide bonds. The second-order valence-corrected chi connectivity index (χ2v) is 5.61. The van der Waals surface area contributed by atoms with Crippen molar-refractivity contribution in [1.29, 1.82) is 0 Å². The molecule has 0 saturated heterocycles. The zero-order valence-electron chi connectivity index (χ0n) is 11.2. The van der Waals surface area contributed by atoms with E-state index in [2.05, 4.69) is 10.6 Å². The molecule has 2 bridgehead atoms. The molecule has 19 heavy (non-hydrogen) atoms. The van der Waals surface area contributed by atoms with Gasteiger partial charge in [0.05, 0.1) is 7.11 Å². The van der Waals surface area contributed by atoms with E-state index >= 15 is 0 Å². The molecule has 2 N–H and O–H groups in total. The van der Waals surface area contributed by atoms with E-state index in [1.807, 2.05) is 24.3 Å². The fourth-order valence-corrected chi connectivity index (χ4v) is 3.46. The summed E-state index contributed by atoms with van der Waals surface area (Å²) in [7, 11) is 1.62. The fraction of sp³-hybridized carbons (Fsp3) is 0.533. The van der Waals surface area contributed by atoms with E-state index in [-0.39, 0.29) is 6.03 Å². The van der Waals surface area contributed by atoms with Crippen molar-refractivity contribution in [3.63, 3.8) is 0 Å². The van der Waals surface area contributed by atoms with Crippen LogP contribution >= 0.6 is 0 Å². The maximum Gasteiger partial charge on any atom is 0.319 e. The van der Waals surface area contributed by atoms with Gasteiger partial charge < -0.3 is 15.4 Å². The number of fused-ring (bicyclic) bond motifs is 2. The molecule has 4 nitrogen and oxygen atoms in total. The highest BCUT2D eigenvalue weighted by Gasteiger charge is 2.40. The van der Waals surface area contributed by atoms with Gasteiger partial charge in [-0.2, -0.15) is 0 Å². The molecule has 102 valence electrons. The van der Waals surface area contributed by atoms with Crippen LogP contribution in [0.2, 0.25) is 0 Å². The first-order chi connectivity index (χ1) is 9.24. The van der Waals surface area contributed by atoms with Gasteiger partial charge in [0.25, 0.3) is 0 Å². The van der Waals surface area contributed by atoms with Crippen LogP contribution in [0.15, 0.2) is 24.3 Å². The van der Waals surface area contributed by atoms with Gasteiger partial charge in [0.1, 0.15) is 5.75 Å². The van der Waals surface area contributed by atoms with Crippen LogP contribution < -0.4 is 15.4 Å². The van der Waals surface area contributed by atoms with Crippen molar-refractivity contribution in [2.75, 3.05) is 12.4 Å². The Balaban J connectivity index is 1.56. The van der Waals surface area contributed by atoms with Crippen LogP contribution in [0.5, 0.6) is 5.75 Å². The first-order valence-electron chi connectivity index (χ1n) is 6.96. The summed E-state index contributed by atoms with van der Waals surface area (Å²) in [5.74, 6) is 2.28. The van der Waals surface area contributed by atoms with Crippen LogP contribution in [0.3, 0.4) is 0 Å². The molecule has 2 fully saturated rings. The van der Waals surface area contributed by atoms with Crippen molar-refractivity contribution in [2.24, 2.45) is 11.8 Å². The van der Waals surface area contributed by atoms with E-state index in [4.69, 9.17) is 4.74 Å². The van der Waals surface area contributed by atoms with Gasteiger partial charge >= 0.3 is 6.03 Å². The van der Waals surface area contributed by atoms with Crippen molar-refractivity contribution in [1.82, 2.24) is 5.32 Å². The number of carbonyl (C=O) groups is 1. The lowest BCUT2D eigenvalue weighted by Gasteiger charge is -2.23. The van der Waals surface area contributed by atoms with Gasteiger partial charge in [0.15, 0.2) is 0 Å². The van der Waals surface area contributed by atoms with Gasteiger partial charge in [-0.25, -0.2) is 4.79 Å². The van der Waals surface area contributed by atoms with Crippen LogP contribution in [-0.4, -0.2) is 19.2 Å². The van der Waals surface area contributed by atoms with E-state index in [0.717, 1.165) is 23.8 Å². The molecular formula is C15H20N2O2. The highest BCUT2D eigenvalue weighted by atomic mass is 16.5. The predicted octanol–water partition coefficient (Wildman–Crippen LogP) is 3.01. The van der Waals surface area contributed by atoms with Crippen molar-refractivity contribution < 1.29 is 9.53 Å². The third kappa shape index (κ3) is 2.67. The monoisotopic (exact) mass is 260 g/mol. The average molecular weight is 260 g/mol. The Kier molecular flexibility index (Phi) is 3.32. The summed E-state index contributed by atoms with van der Waals surface area (Å²) in [5.41, 5.74) is 0.764. The van der Waals surface area contributed by atoms with E-state index in [1.54, 1.807) is 7.11 Å². The number of nitrogens with one attached hydrogen (secondary N) is 2. The first kappa shape index (κ1) is 12.3. The van der Waals surface area contributed by atoms with Crippen LogP contribution in [0.25, 0.3) is 0 Å². The molecule has 1 aromatic carbocycles. The lowest BCUT2D eigenvalue weighted by molar-refractivity contribution is 0.242. The predicted molar refractivity (Wildman–Crippen MR) is 74.4 cm³/mol. The maximum atomic E-state index is 12.0. The average Bonchev–Trinajstić information content (AvgIpc) is 3.01. The third-order valence-corrected chi connectivity index (χ3v) is 4.38. The van der Waals surface area contributed by atoms with E-state index in [1.165, 1.54) is 19.3 Å². The summed E-state index contributed by atoms with van der Waals surface area (Å²) < 4.78 is 5.14. The van der Waals surface area contributed by atoms with Crippen molar-refractivity contribution in [2.45, 2.75) is 31.7 Å². The minimum atomic E-state index is -0.106. The molecule has 0 unspecified atom stereocenters. The van der Waals surface area contributed by atoms with Crippen molar-refractivity contribution in [3.8, 4) is 5.75 Å². The Labute approximate surface area is 113 Å². The number of anilines is 1. The molecule has 2 aliphatic rings. The molecular weight excluding hydrogens is 240 g/mol. The van der Waals surface area contributed by atoms with E-state index in [0.29, 0.717) is 12.0 Å². The minimum Gasteiger partial charge on any atom is -0.497 e. The Morgan fingerprint density at radius 3 is 2.89 bits per heavy atom. The molecule has 0 heterocycles. The van der Waals surface area contributed by atoms with Crippen LogP contribution in [-0.2, 0) is 0 Å². The zero-order chi connectivity index (χ0) is 13.2. The van der Waals surface area contributed by atoms with Crippen LogP contribution in [0.4, 0.5) is 10.5 Å². The molecule has 0 aliphatic heterocycles. The number of ether oxygens (including phenoxy) is 1. The molecule has 0 aromatic heterocycles. The lowest BCUT2D eigenvalue weighted by Crippen LogP contribution is -2.40. The van der Waals surface area contributed by atoms with Gasteiger partial charge in [0.2, 0.25) is 0 Å². The van der Waals surface area contributed by atoms with Crippen LogP contribution in [0.1, 0.15) is 25.7 Å². The molecule has 3 rings (SSSR count). The van der Waals surface area contributed by atoms with Gasteiger partial charge in [0, 0.05) is 17.8 Å². The first-order valence-corrected chi connectivity index (χ1v) is 6.96. The molecule has 1 aromatic rings. The number of rotatable bonds is 3. The van der Waals surface area contributed by atoms with Gasteiger partial charge in [-0.3, -0.25) is 0 Å². The van der Waals surface area contributed by atoms with Gasteiger partial charge in [-0.05, 0) is 43.2 Å². The normalized spacial score (nSPS) is 28.2. The fourth-order valence-electron chi connectivity index (χ4n) is 3.46. The van der Waals surface area contributed by atoms with Crippen molar-refractivity contribution in [3.05, 3.63) is 24.3 Å². The molecule has 4 heteroatoms. The van der Waals surface area contributed by atoms with Crippen molar-refractivity contribution >= 4 is 11.7 Å². The Bertz CT molecular complexity index is 475. The number of urea groups is 1. The summed E-state index contributed by atoms with van der Waals surface area (Å²) >= 11 is 0. The number of methoxy groups -OCH3 is 1. The second kappa shape index (κ2) is 5.11. The van der Waals surface area contributed by atoms with Gasteiger partial charge in [-0.15, -0.1) is 0 Å². The topological polar surface area (TPSA) is 50.4 Å². The molecule has 2 aliphatic carbocycles. The van der Waals surface area contributed by atoms with Crippen LogP contribution in [0, 0.1) is 11.8 Å². The third-order valence-electron chi connectivity index (χ3n) is 4.38. The number of carbonyl (C=O) groups excluding carboxylic acids is 1. The maximum absolute atomic E-state index is 12.0. The number of amides is 2. The zero-order valence-corrected chi connectivity index (χ0v) is 11.2. The molecule has 2 saturated carbocycles. The minimum absolute atomic E-state index is 0.106. The standard InChI is InChI=1S/C15H20N2O2/c1-19-13-4-2-3-12(9-13)16-15(18)17-14-8-10-5-6-11(14)7-10/h2-4,9-11,14H,5-8H2,1H3,(H2,16,17,18)/t10-,11-,14+/m1/s1. The summed E-state index contributed by atoms with van der Waals surface area (Å²) in [5, 5.41) is 5.98.